The third-order valence-corrected chi connectivity index (χ3v) is 6.23. The number of para-hydroxylation sites is 1. The van der Waals surface area contributed by atoms with Crippen LogP contribution >= 0.6 is 11.3 Å². The lowest BCUT2D eigenvalue weighted by Gasteiger charge is -2.21. The van der Waals surface area contributed by atoms with Gasteiger partial charge >= 0.3 is 0 Å². The topological polar surface area (TPSA) is 67.2 Å². The molecule has 1 aliphatic rings. The third kappa shape index (κ3) is 2.99. The predicted molar refractivity (Wildman–Crippen MR) is 111 cm³/mol. The van der Waals surface area contributed by atoms with E-state index in [1.807, 2.05) is 40.8 Å². The molecule has 4 heterocycles. The number of aromatic nitrogens is 4. The number of benzene rings is 1. The zero-order chi connectivity index (χ0) is 19.1. The van der Waals surface area contributed by atoms with Crippen LogP contribution in [0.1, 0.15) is 16.8 Å². The first-order valence-corrected chi connectivity index (χ1v) is 10.2. The van der Waals surface area contributed by atoms with Crippen LogP contribution in [0.2, 0.25) is 0 Å². The van der Waals surface area contributed by atoms with Crippen LogP contribution in [0.3, 0.4) is 0 Å². The Bertz CT molecular complexity index is 1130. The van der Waals surface area contributed by atoms with Gasteiger partial charge in [0.2, 0.25) is 0 Å². The molecule has 0 N–H and O–H groups in total. The SMILES string of the molecule is Cn1cnc2cc(C(=O)N3CCCN(c4nc5ccccc5s4)CC3)cnc21. The second kappa shape index (κ2) is 6.87. The van der Waals surface area contributed by atoms with Crippen LogP contribution in [0, 0.1) is 0 Å². The van der Waals surface area contributed by atoms with Crippen LogP contribution in [0.15, 0.2) is 42.9 Å². The van der Waals surface area contributed by atoms with E-state index < -0.39 is 0 Å². The summed E-state index contributed by atoms with van der Waals surface area (Å²) >= 11 is 1.71. The molecule has 0 aliphatic carbocycles. The highest BCUT2D eigenvalue weighted by Crippen LogP contribution is 2.29. The quantitative estimate of drug-likeness (QED) is 0.525. The molecular formula is C20H20N6OS. The van der Waals surface area contributed by atoms with Crippen molar-refractivity contribution in [2.24, 2.45) is 7.05 Å². The number of imidazole rings is 1. The zero-order valence-corrected chi connectivity index (χ0v) is 16.4. The van der Waals surface area contributed by atoms with Gasteiger partial charge in [-0.15, -0.1) is 0 Å². The fourth-order valence-electron chi connectivity index (χ4n) is 3.62. The molecule has 0 atom stereocenters. The van der Waals surface area contributed by atoms with Crippen LogP contribution in [-0.2, 0) is 7.05 Å². The van der Waals surface area contributed by atoms with Gasteiger partial charge in [-0.05, 0) is 24.6 Å². The summed E-state index contributed by atoms with van der Waals surface area (Å²) < 4.78 is 3.05. The number of nitrogens with zero attached hydrogens (tertiary/aromatic N) is 6. The number of amides is 1. The lowest BCUT2D eigenvalue weighted by molar-refractivity contribution is 0.0767. The number of pyridine rings is 1. The van der Waals surface area contributed by atoms with Gasteiger partial charge in [-0.2, -0.15) is 0 Å². The van der Waals surface area contributed by atoms with Crippen molar-refractivity contribution >= 4 is 43.8 Å². The lowest BCUT2D eigenvalue weighted by atomic mass is 10.2. The summed E-state index contributed by atoms with van der Waals surface area (Å²) in [5.74, 6) is 0.0196. The molecule has 0 saturated carbocycles. The zero-order valence-electron chi connectivity index (χ0n) is 15.6. The molecule has 0 spiro atoms. The molecule has 1 amide bonds. The highest BCUT2D eigenvalue weighted by molar-refractivity contribution is 7.22. The van der Waals surface area contributed by atoms with Gasteiger partial charge in [-0.3, -0.25) is 4.79 Å². The molecule has 0 radical (unpaired) electrons. The third-order valence-electron chi connectivity index (χ3n) is 5.13. The molecule has 3 aromatic heterocycles. The first kappa shape index (κ1) is 17.1. The van der Waals surface area contributed by atoms with Crippen LogP contribution in [0.5, 0.6) is 0 Å². The molecule has 4 aromatic rings. The van der Waals surface area contributed by atoms with Crippen molar-refractivity contribution in [1.29, 1.82) is 0 Å². The number of carbonyl (C=O) groups is 1. The largest absolute Gasteiger partial charge is 0.346 e. The summed E-state index contributed by atoms with van der Waals surface area (Å²) in [7, 11) is 1.90. The van der Waals surface area contributed by atoms with E-state index in [4.69, 9.17) is 4.98 Å². The maximum absolute atomic E-state index is 13.0. The van der Waals surface area contributed by atoms with Gasteiger partial charge in [0.25, 0.3) is 5.91 Å². The van der Waals surface area contributed by atoms with Crippen molar-refractivity contribution < 1.29 is 4.79 Å². The van der Waals surface area contributed by atoms with E-state index >= 15 is 0 Å². The van der Waals surface area contributed by atoms with Crippen LogP contribution in [-0.4, -0.2) is 56.5 Å². The van der Waals surface area contributed by atoms with E-state index in [2.05, 4.69) is 20.9 Å². The molecular weight excluding hydrogens is 372 g/mol. The average molecular weight is 392 g/mol. The van der Waals surface area contributed by atoms with Crippen molar-refractivity contribution in [2.75, 3.05) is 31.1 Å². The molecule has 28 heavy (non-hydrogen) atoms. The Morgan fingerprint density at radius 2 is 1.96 bits per heavy atom. The van der Waals surface area contributed by atoms with Gasteiger partial charge in [0.15, 0.2) is 10.8 Å². The number of rotatable bonds is 2. The highest BCUT2D eigenvalue weighted by atomic mass is 32.1. The number of carbonyl (C=O) groups excluding carboxylic acids is 1. The van der Waals surface area contributed by atoms with Crippen LogP contribution in [0.4, 0.5) is 5.13 Å². The molecule has 8 heteroatoms. The van der Waals surface area contributed by atoms with E-state index in [0.29, 0.717) is 12.1 Å². The van der Waals surface area contributed by atoms with Crippen molar-refractivity contribution in [2.45, 2.75) is 6.42 Å². The minimum absolute atomic E-state index is 0.0196. The fourth-order valence-corrected chi connectivity index (χ4v) is 4.64. The highest BCUT2D eigenvalue weighted by Gasteiger charge is 2.22. The summed E-state index contributed by atoms with van der Waals surface area (Å²) in [6, 6.07) is 10.0. The lowest BCUT2D eigenvalue weighted by Crippen LogP contribution is -2.35. The van der Waals surface area contributed by atoms with Crippen LogP contribution in [0.25, 0.3) is 21.4 Å². The summed E-state index contributed by atoms with van der Waals surface area (Å²) in [4.78, 5) is 30.7. The number of aryl methyl sites for hydroxylation is 1. The molecule has 0 bridgehead atoms. The Morgan fingerprint density at radius 3 is 2.86 bits per heavy atom. The van der Waals surface area contributed by atoms with Crippen molar-refractivity contribution in [1.82, 2.24) is 24.4 Å². The Hall–Kier alpha value is -3.00. The second-order valence-electron chi connectivity index (χ2n) is 7.02. The van der Waals surface area contributed by atoms with Crippen LogP contribution < -0.4 is 4.90 Å². The Balaban J connectivity index is 1.33. The summed E-state index contributed by atoms with van der Waals surface area (Å²) in [5.41, 5.74) is 3.17. The van der Waals surface area contributed by atoms with E-state index in [1.165, 1.54) is 4.70 Å². The Labute approximate surface area is 166 Å². The second-order valence-corrected chi connectivity index (χ2v) is 8.03. The molecule has 142 valence electrons. The van der Waals surface area contributed by atoms with E-state index in [9.17, 15) is 4.79 Å². The van der Waals surface area contributed by atoms with Gasteiger partial charge in [0.1, 0.15) is 5.52 Å². The first-order chi connectivity index (χ1) is 13.7. The molecule has 1 aliphatic heterocycles. The summed E-state index contributed by atoms with van der Waals surface area (Å²) in [6.07, 6.45) is 4.29. The summed E-state index contributed by atoms with van der Waals surface area (Å²) in [5, 5.41) is 1.03. The maximum Gasteiger partial charge on any atom is 0.255 e. The molecule has 7 nitrogen and oxygen atoms in total. The van der Waals surface area contributed by atoms with E-state index in [1.54, 1.807) is 23.9 Å². The summed E-state index contributed by atoms with van der Waals surface area (Å²) in [6.45, 7) is 3.10. The predicted octanol–water partition coefficient (Wildman–Crippen LogP) is 2.93. The van der Waals surface area contributed by atoms with Gasteiger partial charge in [-0.25, -0.2) is 15.0 Å². The number of anilines is 1. The molecule has 1 saturated heterocycles. The smallest absolute Gasteiger partial charge is 0.255 e. The monoisotopic (exact) mass is 392 g/mol. The minimum Gasteiger partial charge on any atom is -0.346 e. The van der Waals surface area contributed by atoms with Gasteiger partial charge in [0.05, 0.1) is 22.1 Å². The standard InChI is InChI=1S/C20H20N6OS/c1-24-13-22-16-11-14(12-21-18(16)24)19(27)25-7-4-8-26(10-9-25)20-23-15-5-2-3-6-17(15)28-20/h2-3,5-6,11-13H,4,7-10H2,1H3. The number of hydrogen-bond donors (Lipinski definition) is 0. The molecule has 5 rings (SSSR count). The Morgan fingerprint density at radius 1 is 1.07 bits per heavy atom. The van der Waals surface area contributed by atoms with Crippen molar-refractivity contribution in [3.8, 4) is 0 Å². The van der Waals surface area contributed by atoms with Gasteiger partial charge in [-0.1, -0.05) is 23.5 Å². The first-order valence-electron chi connectivity index (χ1n) is 9.36. The number of hydrogen-bond acceptors (Lipinski definition) is 6. The van der Waals surface area contributed by atoms with Gasteiger partial charge in [0, 0.05) is 39.4 Å². The van der Waals surface area contributed by atoms with Gasteiger partial charge < -0.3 is 14.4 Å². The number of thiazole rings is 1. The van der Waals surface area contributed by atoms with E-state index in [-0.39, 0.29) is 5.91 Å². The van der Waals surface area contributed by atoms with Crippen molar-refractivity contribution in [3.63, 3.8) is 0 Å². The minimum atomic E-state index is 0.0196. The Kier molecular flexibility index (Phi) is 4.20. The van der Waals surface area contributed by atoms with Crippen molar-refractivity contribution in [3.05, 3.63) is 48.4 Å². The maximum atomic E-state index is 13.0. The normalized spacial score (nSPS) is 15.3. The molecule has 1 fully saturated rings. The number of fused-ring (bicyclic) bond motifs is 2. The molecule has 0 unspecified atom stereocenters. The molecule has 1 aromatic carbocycles. The fraction of sp³-hybridized carbons (Fsp3) is 0.300. The van der Waals surface area contributed by atoms with E-state index in [0.717, 1.165) is 47.9 Å². The average Bonchev–Trinajstić information content (AvgIpc) is 3.22.